The molecule has 0 aromatic carbocycles. The largest absolute Gasteiger partial charge is 0.357 e. The van der Waals surface area contributed by atoms with Crippen LogP contribution in [0.3, 0.4) is 0 Å². The average molecular weight is 405 g/mol. The number of hydrogen-bond donors (Lipinski definition) is 1. The average Bonchev–Trinajstić information content (AvgIpc) is 3.02. The molecule has 1 saturated heterocycles. The monoisotopic (exact) mass is 405 g/mol. The van der Waals surface area contributed by atoms with E-state index in [4.69, 9.17) is 4.99 Å². The number of aromatic nitrogens is 2. The Labute approximate surface area is 145 Å². The molecule has 2 rings (SSSR count). The van der Waals surface area contributed by atoms with Gasteiger partial charge in [-0.05, 0) is 25.2 Å². The van der Waals surface area contributed by atoms with Crippen LogP contribution in [0.25, 0.3) is 0 Å². The van der Waals surface area contributed by atoms with E-state index < -0.39 is 0 Å². The fraction of sp³-hybridized carbons (Fsp3) is 0.733. The molecule has 1 aliphatic heterocycles. The summed E-state index contributed by atoms with van der Waals surface area (Å²) >= 11 is 0. The van der Waals surface area contributed by atoms with Crippen molar-refractivity contribution in [2.45, 2.75) is 40.2 Å². The SMILES string of the molecule is CCNC(=NCCCn1ccnc1)N1CCC(C)(C)C1.I. The van der Waals surface area contributed by atoms with Gasteiger partial charge in [-0.15, -0.1) is 24.0 Å². The van der Waals surface area contributed by atoms with Gasteiger partial charge in [-0.2, -0.15) is 0 Å². The zero-order valence-corrected chi connectivity index (χ0v) is 15.7. The van der Waals surface area contributed by atoms with Crippen molar-refractivity contribution in [2.75, 3.05) is 26.2 Å². The first kappa shape index (κ1) is 18.3. The maximum Gasteiger partial charge on any atom is 0.193 e. The topological polar surface area (TPSA) is 45.5 Å². The zero-order valence-electron chi connectivity index (χ0n) is 13.4. The Hall–Kier alpha value is -0.790. The van der Waals surface area contributed by atoms with Gasteiger partial charge in [-0.25, -0.2) is 4.98 Å². The highest BCUT2D eigenvalue weighted by molar-refractivity contribution is 14.0. The summed E-state index contributed by atoms with van der Waals surface area (Å²) in [6.45, 7) is 11.8. The van der Waals surface area contributed by atoms with Crippen LogP contribution in [-0.4, -0.2) is 46.6 Å². The molecule has 0 saturated carbocycles. The van der Waals surface area contributed by atoms with Crippen molar-refractivity contribution in [1.29, 1.82) is 0 Å². The van der Waals surface area contributed by atoms with Gasteiger partial charge in [-0.3, -0.25) is 4.99 Å². The Morgan fingerprint density at radius 2 is 2.24 bits per heavy atom. The number of aryl methyl sites for hydroxylation is 1. The van der Waals surface area contributed by atoms with Crippen LogP contribution in [0.1, 0.15) is 33.6 Å². The lowest BCUT2D eigenvalue weighted by Gasteiger charge is -2.23. The first-order chi connectivity index (χ1) is 9.61. The summed E-state index contributed by atoms with van der Waals surface area (Å²) in [4.78, 5) is 11.2. The molecular formula is C15H28IN5. The van der Waals surface area contributed by atoms with Gasteiger partial charge in [-0.1, -0.05) is 13.8 Å². The van der Waals surface area contributed by atoms with E-state index in [-0.39, 0.29) is 24.0 Å². The number of nitrogens with one attached hydrogen (secondary N) is 1. The lowest BCUT2D eigenvalue weighted by Crippen LogP contribution is -2.40. The maximum absolute atomic E-state index is 4.76. The number of guanidine groups is 1. The predicted octanol–water partition coefficient (Wildman–Crippen LogP) is 2.59. The van der Waals surface area contributed by atoms with Crippen LogP contribution in [0.5, 0.6) is 0 Å². The van der Waals surface area contributed by atoms with Gasteiger partial charge in [0, 0.05) is 45.1 Å². The predicted molar refractivity (Wildman–Crippen MR) is 98.2 cm³/mol. The quantitative estimate of drug-likeness (QED) is 0.355. The third-order valence-corrected chi connectivity index (χ3v) is 3.71. The van der Waals surface area contributed by atoms with E-state index in [2.05, 4.69) is 40.5 Å². The van der Waals surface area contributed by atoms with E-state index >= 15 is 0 Å². The van der Waals surface area contributed by atoms with Gasteiger partial charge in [0.05, 0.1) is 6.33 Å². The Bertz CT molecular complexity index is 427. The molecule has 0 radical (unpaired) electrons. The number of nitrogens with zero attached hydrogens (tertiary/aromatic N) is 4. The second-order valence-electron chi connectivity index (χ2n) is 6.23. The van der Waals surface area contributed by atoms with Gasteiger partial charge in [0.1, 0.15) is 0 Å². The molecule has 2 heterocycles. The molecule has 1 aliphatic rings. The normalized spacial score (nSPS) is 17.7. The molecule has 1 aromatic heterocycles. The summed E-state index contributed by atoms with van der Waals surface area (Å²) in [5.74, 6) is 1.07. The molecule has 0 unspecified atom stereocenters. The van der Waals surface area contributed by atoms with E-state index in [0.29, 0.717) is 5.41 Å². The van der Waals surface area contributed by atoms with Crippen molar-refractivity contribution >= 4 is 29.9 Å². The molecule has 0 spiro atoms. The number of halogens is 1. The third-order valence-electron chi connectivity index (χ3n) is 3.71. The Morgan fingerprint density at radius 3 is 2.81 bits per heavy atom. The zero-order chi connectivity index (χ0) is 14.4. The summed E-state index contributed by atoms with van der Waals surface area (Å²) in [6, 6.07) is 0. The van der Waals surface area contributed by atoms with Gasteiger partial charge in [0.15, 0.2) is 5.96 Å². The molecule has 0 bridgehead atoms. The summed E-state index contributed by atoms with van der Waals surface area (Å²) in [5.41, 5.74) is 0.410. The molecule has 0 atom stereocenters. The fourth-order valence-corrected chi connectivity index (χ4v) is 2.58. The summed E-state index contributed by atoms with van der Waals surface area (Å²) in [5, 5.41) is 3.41. The van der Waals surface area contributed by atoms with Gasteiger partial charge >= 0.3 is 0 Å². The highest BCUT2D eigenvalue weighted by Crippen LogP contribution is 2.28. The number of likely N-dealkylation sites (tertiary alicyclic amines) is 1. The van der Waals surface area contributed by atoms with Crippen molar-refractivity contribution in [3.05, 3.63) is 18.7 Å². The van der Waals surface area contributed by atoms with Crippen LogP contribution in [0.4, 0.5) is 0 Å². The molecular weight excluding hydrogens is 377 g/mol. The van der Waals surface area contributed by atoms with Crippen molar-refractivity contribution in [3.8, 4) is 0 Å². The molecule has 0 aliphatic carbocycles. The number of hydrogen-bond acceptors (Lipinski definition) is 2. The number of rotatable bonds is 5. The minimum atomic E-state index is 0. The second-order valence-corrected chi connectivity index (χ2v) is 6.23. The molecule has 1 fully saturated rings. The van der Waals surface area contributed by atoms with E-state index in [1.165, 1.54) is 6.42 Å². The molecule has 6 heteroatoms. The Morgan fingerprint density at radius 1 is 1.43 bits per heavy atom. The van der Waals surface area contributed by atoms with Crippen LogP contribution in [0, 0.1) is 5.41 Å². The molecule has 5 nitrogen and oxygen atoms in total. The minimum Gasteiger partial charge on any atom is -0.357 e. The first-order valence-corrected chi connectivity index (χ1v) is 7.60. The van der Waals surface area contributed by atoms with Gasteiger partial charge < -0.3 is 14.8 Å². The molecule has 1 aromatic rings. The lowest BCUT2D eigenvalue weighted by molar-refractivity contribution is 0.370. The number of aliphatic imine (C=N–C) groups is 1. The standard InChI is InChI=1S/C15H27N5.HI/c1-4-17-14(20-10-6-15(2,3)12-20)18-7-5-9-19-11-8-16-13-19;/h8,11,13H,4-7,9-10,12H2,1-3H3,(H,17,18);1H. The van der Waals surface area contributed by atoms with Crippen molar-refractivity contribution in [3.63, 3.8) is 0 Å². The first-order valence-electron chi connectivity index (χ1n) is 7.60. The minimum absolute atomic E-state index is 0. The molecule has 21 heavy (non-hydrogen) atoms. The summed E-state index contributed by atoms with van der Waals surface area (Å²) in [6.07, 6.45) is 7.96. The van der Waals surface area contributed by atoms with E-state index in [1.807, 2.05) is 18.7 Å². The summed E-state index contributed by atoms with van der Waals surface area (Å²) < 4.78 is 2.10. The van der Waals surface area contributed by atoms with E-state index in [9.17, 15) is 0 Å². The van der Waals surface area contributed by atoms with Crippen molar-refractivity contribution in [1.82, 2.24) is 19.8 Å². The highest BCUT2D eigenvalue weighted by atomic mass is 127. The highest BCUT2D eigenvalue weighted by Gasteiger charge is 2.30. The van der Waals surface area contributed by atoms with Gasteiger partial charge in [0.2, 0.25) is 0 Å². The van der Waals surface area contributed by atoms with Crippen LogP contribution in [0.15, 0.2) is 23.7 Å². The van der Waals surface area contributed by atoms with Crippen LogP contribution >= 0.6 is 24.0 Å². The summed E-state index contributed by atoms with van der Waals surface area (Å²) in [7, 11) is 0. The fourth-order valence-electron chi connectivity index (χ4n) is 2.58. The van der Waals surface area contributed by atoms with Crippen molar-refractivity contribution < 1.29 is 0 Å². The van der Waals surface area contributed by atoms with Crippen molar-refractivity contribution in [2.24, 2.45) is 10.4 Å². The lowest BCUT2D eigenvalue weighted by atomic mass is 9.93. The Balaban J connectivity index is 0.00000220. The van der Waals surface area contributed by atoms with E-state index in [1.54, 1.807) is 0 Å². The van der Waals surface area contributed by atoms with Crippen LogP contribution in [0.2, 0.25) is 0 Å². The Kier molecular flexibility index (Phi) is 7.48. The van der Waals surface area contributed by atoms with Gasteiger partial charge in [0.25, 0.3) is 0 Å². The number of imidazole rings is 1. The molecule has 1 N–H and O–H groups in total. The van der Waals surface area contributed by atoms with Crippen LogP contribution in [-0.2, 0) is 6.54 Å². The van der Waals surface area contributed by atoms with E-state index in [0.717, 1.165) is 45.1 Å². The third kappa shape index (κ3) is 5.84. The smallest absolute Gasteiger partial charge is 0.193 e. The maximum atomic E-state index is 4.76. The molecule has 120 valence electrons. The van der Waals surface area contributed by atoms with Crippen LogP contribution < -0.4 is 5.32 Å². The second kappa shape index (κ2) is 8.60. The molecule has 0 amide bonds.